The summed E-state index contributed by atoms with van der Waals surface area (Å²) in [7, 11) is 0. The molecule has 1 aromatic heterocycles. The van der Waals surface area contributed by atoms with E-state index >= 15 is 0 Å². The molecule has 0 bridgehead atoms. The molecule has 0 aromatic carbocycles. The molecule has 0 N–H and O–H groups in total. The average Bonchev–Trinajstić information content (AvgIpc) is 2.96. The predicted molar refractivity (Wildman–Crippen MR) is 64.2 cm³/mol. The van der Waals surface area contributed by atoms with Crippen molar-refractivity contribution in [2.45, 2.75) is 39.3 Å². The second-order valence-electron chi connectivity index (χ2n) is 5.74. The molecule has 0 aliphatic heterocycles. The maximum absolute atomic E-state index is 13.0. The number of aromatic nitrogens is 1. The van der Waals surface area contributed by atoms with Crippen LogP contribution in [0.3, 0.4) is 0 Å². The molecule has 17 heavy (non-hydrogen) atoms. The van der Waals surface area contributed by atoms with E-state index in [1.807, 2.05) is 6.07 Å². The molecule has 94 valence electrons. The van der Waals surface area contributed by atoms with E-state index in [9.17, 15) is 13.2 Å². The Morgan fingerprint density at radius 2 is 1.76 bits per heavy atom. The van der Waals surface area contributed by atoms with Gasteiger partial charge < -0.3 is 0 Å². The van der Waals surface area contributed by atoms with Crippen LogP contribution >= 0.6 is 0 Å². The third-order valence-electron chi connectivity index (χ3n) is 3.30. The van der Waals surface area contributed by atoms with Crippen molar-refractivity contribution in [1.29, 1.82) is 0 Å². The Morgan fingerprint density at radius 3 is 2.18 bits per heavy atom. The second kappa shape index (κ2) is 3.87. The first kappa shape index (κ1) is 13.2. The van der Waals surface area contributed by atoms with Crippen LogP contribution in [0.2, 0.25) is 14.8 Å². The van der Waals surface area contributed by atoms with E-state index in [0.29, 0.717) is 0 Å². The third kappa shape index (κ3) is 2.33. The van der Waals surface area contributed by atoms with Crippen molar-refractivity contribution in [3.05, 3.63) is 23.9 Å². The molecule has 1 saturated carbocycles. The first-order valence-corrected chi connectivity index (χ1v) is 15.7. The van der Waals surface area contributed by atoms with Gasteiger partial charge in [-0.15, -0.1) is 0 Å². The van der Waals surface area contributed by atoms with E-state index in [-0.39, 0.29) is 18.5 Å². The molecule has 1 nitrogen and oxygen atoms in total. The number of nitrogens with zero attached hydrogens (tertiary/aromatic N) is 1. The number of alkyl halides is 3. The number of halogens is 3. The van der Waals surface area contributed by atoms with Crippen molar-refractivity contribution in [3.63, 3.8) is 0 Å². The van der Waals surface area contributed by atoms with Gasteiger partial charge in [0.05, 0.1) is 0 Å². The summed E-state index contributed by atoms with van der Waals surface area (Å²) in [5.74, 6) is 0. The van der Waals surface area contributed by atoms with Crippen molar-refractivity contribution in [2.75, 3.05) is 0 Å². The Labute approximate surface area is 103 Å². The van der Waals surface area contributed by atoms with E-state index in [1.165, 1.54) is 6.07 Å². The number of rotatable bonds is 2. The molecule has 1 aliphatic carbocycles. The first-order chi connectivity index (χ1) is 7.67. The van der Waals surface area contributed by atoms with Crippen molar-refractivity contribution in [3.8, 4) is 0 Å². The minimum absolute atomic E-state index is 0.187. The Hall–Kier alpha value is -0.261. The second-order valence-corrected chi connectivity index (χ2v) is 20.0. The van der Waals surface area contributed by atoms with Gasteiger partial charge in [0.2, 0.25) is 0 Å². The first-order valence-electron chi connectivity index (χ1n) is 5.72. The van der Waals surface area contributed by atoms with Gasteiger partial charge in [-0.05, 0) is 0 Å². The summed E-state index contributed by atoms with van der Waals surface area (Å²) in [5, 5.41) is 0. The molecular formula is C12H16F3NSn. The van der Waals surface area contributed by atoms with E-state index in [1.54, 1.807) is 6.07 Å². The molecule has 1 aromatic rings. The molecule has 0 spiro atoms. The van der Waals surface area contributed by atoms with Crippen LogP contribution in [0, 0.1) is 0 Å². The standard InChI is InChI=1S/C9H7F3N.3CH3.Sn/c10-9(11,12)8(4-5-8)7-3-1-2-6-13-7;;;;/h1-3H,4-5H2;3*1H3;. The number of hydrogen-bond acceptors (Lipinski definition) is 1. The van der Waals surface area contributed by atoms with E-state index < -0.39 is 30.0 Å². The fourth-order valence-electron chi connectivity index (χ4n) is 1.93. The molecule has 5 heteroatoms. The van der Waals surface area contributed by atoms with Crippen molar-refractivity contribution in [1.82, 2.24) is 4.98 Å². The summed E-state index contributed by atoms with van der Waals surface area (Å²) in [5.41, 5.74) is -1.41. The molecule has 0 unspecified atom stereocenters. The Kier molecular flexibility index (Phi) is 3.00. The fourth-order valence-corrected chi connectivity index (χ4v) is 4.93. The number of hydrogen-bond donors (Lipinski definition) is 0. The van der Waals surface area contributed by atoms with Crippen molar-refractivity contribution in [2.24, 2.45) is 0 Å². The molecule has 1 aliphatic rings. The van der Waals surface area contributed by atoms with Crippen LogP contribution in [0.5, 0.6) is 0 Å². The number of pyridine rings is 1. The predicted octanol–water partition coefficient (Wildman–Crippen LogP) is 3.22. The van der Waals surface area contributed by atoms with Gasteiger partial charge in [0, 0.05) is 0 Å². The van der Waals surface area contributed by atoms with Crippen LogP contribution < -0.4 is 3.71 Å². The monoisotopic (exact) mass is 351 g/mol. The summed E-state index contributed by atoms with van der Waals surface area (Å²) in [6.07, 6.45) is -3.79. The Bertz CT molecular complexity index is 430. The van der Waals surface area contributed by atoms with Crippen LogP contribution in [-0.4, -0.2) is 29.5 Å². The molecule has 0 atom stereocenters. The van der Waals surface area contributed by atoms with Crippen LogP contribution in [-0.2, 0) is 5.41 Å². The van der Waals surface area contributed by atoms with Crippen LogP contribution in [0.4, 0.5) is 13.2 Å². The molecule has 2 rings (SSSR count). The SMILES string of the molecule is [CH3][Sn]([CH3])([CH3])[c]1cccc(C2(C(F)(F)F)CC2)n1. The normalized spacial score (nSPS) is 19.2. The fraction of sp³-hybridized carbons (Fsp3) is 0.583. The molecule has 0 radical (unpaired) electrons. The van der Waals surface area contributed by atoms with Crippen LogP contribution in [0.25, 0.3) is 0 Å². The molecule has 0 saturated heterocycles. The quantitative estimate of drug-likeness (QED) is 0.747. The van der Waals surface area contributed by atoms with Gasteiger partial charge in [-0.1, -0.05) is 0 Å². The summed E-state index contributed by atoms with van der Waals surface area (Å²) in [4.78, 5) is 10.8. The van der Waals surface area contributed by atoms with E-state index in [4.69, 9.17) is 0 Å². The van der Waals surface area contributed by atoms with Crippen LogP contribution in [0.1, 0.15) is 18.5 Å². The summed E-state index contributed by atoms with van der Waals surface area (Å²) in [6.45, 7) is 0. The van der Waals surface area contributed by atoms with Crippen molar-refractivity contribution < 1.29 is 13.2 Å². The van der Waals surface area contributed by atoms with E-state index in [2.05, 4.69) is 19.8 Å². The summed E-state index contributed by atoms with van der Waals surface area (Å²) in [6, 6.07) is 5.14. The Balaban J connectivity index is 2.42. The van der Waals surface area contributed by atoms with Gasteiger partial charge in [0.1, 0.15) is 0 Å². The van der Waals surface area contributed by atoms with Gasteiger partial charge in [0.15, 0.2) is 0 Å². The summed E-state index contributed by atoms with van der Waals surface area (Å²) >= 11 is -2.38. The minimum atomic E-state index is -4.16. The zero-order chi connectivity index (χ0) is 12.9. The van der Waals surface area contributed by atoms with Gasteiger partial charge in [-0.2, -0.15) is 0 Å². The molecular weight excluding hydrogens is 334 g/mol. The molecule has 0 amide bonds. The average molecular weight is 350 g/mol. The molecule has 1 fully saturated rings. The maximum atomic E-state index is 13.0. The summed E-state index contributed by atoms with van der Waals surface area (Å²) < 4.78 is 39.9. The topological polar surface area (TPSA) is 12.9 Å². The van der Waals surface area contributed by atoms with Gasteiger partial charge in [-0.3, -0.25) is 0 Å². The van der Waals surface area contributed by atoms with Gasteiger partial charge >= 0.3 is 103 Å². The zero-order valence-corrected chi connectivity index (χ0v) is 13.1. The van der Waals surface area contributed by atoms with Gasteiger partial charge in [-0.25, -0.2) is 0 Å². The molecule has 1 heterocycles. The third-order valence-corrected chi connectivity index (χ3v) is 8.48. The zero-order valence-electron chi connectivity index (χ0n) is 10.2. The van der Waals surface area contributed by atoms with E-state index in [0.717, 1.165) is 3.71 Å². The van der Waals surface area contributed by atoms with Crippen LogP contribution in [0.15, 0.2) is 18.2 Å². The Morgan fingerprint density at radius 1 is 1.18 bits per heavy atom. The van der Waals surface area contributed by atoms with Crippen molar-refractivity contribution >= 4 is 22.1 Å². The van der Waals surface area contributed by atoms with Gasteiger partial charge in [0.25, 0.3) is 0 Å².